The number of benzene rings is 2. The molecule has 0 N–H and O–H groups in total. The lowest BCUT2D eigenvalue weighted by atomic mass is 9.94. The molecular weight excluding hydrogens is 403 g/mol. The maximum Gasteiger partial charge on any atom is 0.269 e. The van der Waals surface area contributed by atoms with E-state index in [1.165, 1.54) is 12.1 Å². The molecule has 5 rings (SSSR count). The number of ether oxygens (including phenoxy) is 1. The van der Waals surface area contributed by atoms with E-state index in [2.05, 4.69) is 9.80 Å². The highest BCUT2D eigenvalue weighted by atomic mass is 32.2. The Kier molecular flexibility index (Phi) is 5.08. The average Bonchev–Trinajstić information content (AvgIpc) is 2.79. The second-order valence-electron chi connectivity index (χ2n) is 7.68. The molecule has 0 bridgehead atoms. The van der Waals surface area contributed by atoms with Gasteiger partial charge in [-0.25, -0.2) is 4.39 Å². The Bertz CT molecular complexity index is 1030. The minimum Gasteiger partial charge on any atom is -0.483 e. The molecule has 5 nitrogen and oxygen atoms in total. The fourth-order valence-corrected chi connectivity index (χ4v) is 5.31. The van der Waals surface area contributed by atoms with Crippen molar-refractivity contribution in [1.29, 1.82) is 0 Å². The van der Waals surface area contributed by atoms with E-state index in [0.717, 1.165) is 48.1 Å². The zero-order valence-corrected chi connectivity index (χ0v) is 17.2. The van der Waals surface area contributed by atoms with E-state index in [-0.39, 0.29) is 17.7 Å². The summed E-state index contributed by atoms with van der Waals surface area (Å²) in [6.07, 6.45) is -0.131. The van der Waals surface area contributed by atoms with Crippen LogP contribution in [-0.2, 0) is 9.53 Å². The van der Waals surface area contributed by atoms with E-state index < -0.39 is 11.6 Å². The Morgan fingerprint density at radius 2 is 1.63 bits per heavy atom. The molecule has 0 amide bonds. The number of ketones is 2. The molecule has 7 heteroatoms. The van der Waals surface area contributed by atoms with Crippen LogP contribution in [-0.4, -0.2) is 61.0 Å². The molecule has 1 saturated heterocycles. The maximum atomic E-state index is 13.1. The summed E-state index contributed by atoms with van der Waals surface area (Å²) < 4.78 is 19.2. The number of nitrogens with zero attached hydrogens (tertiary/aromatic N) is 2. The number of anilines is 1. The fraction of sp³-hybridized carbons (Fsp3) is 0.304. The highest BCUT2D eigenvalue weighted by Gasteiger charge is 2.38. The standard InChI is InChI=1S/C23H21FN2O3S/c24-15-5-7-16(8-6-15)26-11-9-25(10-12-26)13-17-14-30-23-19-4-2-1-3-18(19)20(27)21(28)22(23)29-17/h1-8,17H,9-14H2. The predicted molar refractivity (Wildman–Crippen MR) is 115 cm³/mol. The molecule has 1 aliphatic carbocycles. The number of piperazine rings is 1. The van der Waals surface area contributed by atoms with Crippen LogP contribution in [0.1, 0.15) is 15.9 Å². The molecule has 0 saturated carbocycles. The molecule has 1 fully saturated rings. The minimum absolute atomic E-state index is 0.131. The molecule has 2 aliphatic heterocycles. The molecule has 2 heterocycles. The smallest absolute Gasteiger partial charge is 0.269 e. The van der Waals surface area contributed by atoms with Crippen LogP contribution in [0.15, 0.2) is 54.3 Å². The third kappa shape index (κ3) is 3.52. The number of allylic oxidation sites excluding steroid dienone is 1. The Balaban J connectivity index is 1.23. The van der Waals surface area contributed by atoms with Gasteiger partial charge >= 0.3 is 0 Å². The van der Waals surface area contributed by atoms with Crippen LogP contribution in [0.4, 0.5) is 10.1 Å². The van der Waals surface area contributed by atoms with Crippen LogP contribution in [0.3, 0.4) is 0 Å². The quantitative estimate of drug-likeness (QED) is 0.706. The monoisotopic (exact) mass is 424 g/mol. The van der Waals surface area contributed by atoms with Gasteiger partial charge < -0.3 is 9.64 Å². The van der Waals surface area contributed by atoms with E-state index in [9.17, 15) is 14.0 Å². The van der Waals surface area contributed by atoms with Crippen LogP contribution in [0.5, 0.6) is 0 Å². The number of hydrogen-bond acceptors (Lipinski definition) is 6. The van der Waals surface area contributed by atoms with Gasteiger partial charge in [-0.3, -0.25) is 14.5 Å². The third-order valence-electron chi connectivity index (χ3n) is 5.76. The summed E-state index contributed by atoms with van der Waals surface area (Å²) >= 11 is 1.60. The minimum atomic E-state index is -0.540. The van der Waals surface area contributed by atoms with Crippen molar-refractivity contribution in [3.8, 4) is 0 Å². The summed E-state index contributed by atoms with van der Waals surface area (Å²) in [6, 6.07) is 13.8. The van der Waals surface area contributed by atoms with Crippen molar-refractivity contribution in [3.63, 3.8) is 0 Å². The molecular formula is C23H21FN2O3S. The molecule has 30 heavy (non-hydrogen) atoms. The number of fused-ring (bicyclic) bond motifs is 2. The summed E-state index contributed by atoms with van der Waals surface area (Å²) in [5, 5.41) is 0. The third-order valence-corrected chi connectivity index (χ3v) is 6.99. The second-order valence-corrected chi connectivity index (χ2v) is 8.71. The highest BCUT2D eigenvalue weighted by molar-refractivity contribution is 8.08. The van der Waals surface area contributed by atoms with Crippen molar-refractivity contribution in [2.45, 2.75) is 6.10 Å². The van der Waals surface area contributed by atoms with Gasteiger partial charge in [-0.1, -0.05) is 24.3 Å². The Labute approximate surface area is 178 Å². The average molecular weight is 424 g/mol. The largest absolute Gasteiger partial charge is 0.483 e. The Morgan fingerprint density at radius 1 is 0.933 bits per heavy atom. The number of hydrogen-bond donors (Lipinski definition) is 0. The maximum absolute atomic E-state index is 13.1. The normalized spacial score (nSPS) is 21.9. The fourth-order valence-electron chi connectivity index (χ4n) is 4.18. The lowest BCUT2D eigenvalue weighted by Crippen LogP contribution is -2.49. The Morgan fingerprint density at radius 3 is 2.37 bits per heavy atom. The number of carbonyl (C=O) groups excluding carboxylic acids is 2. The molecule has 2 aromatic carbocycles. The van der Waals surface area contributed by atoms with Gasteiger partial charge in [-0.05, 0) is 24.3 Å². The Hall–Kier alpha value is -2.64. The van der Waals surface area contributed by atoms with E-state index in [1.54, 1.807) is 23.9 Å². The first-order chi connectivity index (χ1) is 14.6. The van der Waals surface area contributed by atoms with Gasteiger partial charge in [0.25, 0.3) is 5.78 Å². The summed E-state index contributed by atoms with van der Waals surface area (Å²) in [4.78, 5) is 30.4. The van der Waals surface area contributed by atoms with Gasteiger partial charge in [0, 0.05) is 55.3 Å². The van der Waals surface area contributed by atoms with Gasteiger partial charge in [-0.2, -0.15) is 0 Å². The number of thioether (sulfide) groups is 1. The van der Waals surface area contributed by atoms with Gasteiger partial charge in [0.2, 0.25) is 5.78 Å². The van der Waals surface area contributed by atoms with Gasteiger partial charge in [0.15, 0.2) is 5.76 Å². The van der Waals surface area contributed by atoms with Crippen molar-refractivity contribution in [2.75, 3.05) is 43.4 Å². The van der Waals surface area contributed by atoms with Crippen LogP contribution in [0, 0.1) is 5.82 Å². The summed E-state index contributed by atoms with van der Waals surface area (Å²) in [7, 11) is 0. The summed E-state index contributed by atoms with van der Waals surface area (Å²) in [5.41, 5.74) is 2.29. The van der Waals surface area contributed by atoms with Crippen LogP contribution >= 0.6 is 11.8 Å². The van der Waals surface area contributed by atoms with Gasteiger partial charge in [0.05, 0.1) is 4.91 Å². The van der Waals surface area contributed by atoms with Gasteiger partial charge in [0.1, 0.15) is 11.9 Å². The van der Waals surface area contributed by atoms with E-state index in [0.29, 0.717) is 12.1 Å². The van der Waals surface area contributed by atoms with Crippen molar-refractivity contribution >= 4 is 33.9 Å². The first-order valence-electron chi connectivity index (χ1n) is 10.0. The summed E-state index contributed by atoms with van der Waals surface area (Å²) in [5.74, 6) is -0.297. The molecule has 2 aromatic rings. The molecule has 154 valence electrons. The highest BCUT2D eigenvalue weighted by Crippen LogP contribution is 2.42. The van der Waals surface area contributed by atoms with Crippen LogP contribution in [0.25, 0.3) is 4.91 Å². The number of halogens is 1. The van der Waals surface area contributed by atoms with Crippen molar-refractivity contribution in [2.24, 2.45) is 0 Å². The molecule has 0 spiro atoms. The van der Waals surface area contributed by atoms with Crippen molar-refractivity contribution < 1.29 is 18.7 Å². The first kappa shape index (κ1) is 19.3. The van der Waals surface area contributed by atoms with Gasteiger partial charge in [-0.15, -0.1) is 11.8 Å². The SMILES string of the molecule is O=C1C(=O)c2ccccc2C2=C1OC(CN1CCN(c3ccc(F)cc3)CC1)CS2. The van der Waals surface area contributed by atoms with Crippen LogP contribution in [0.2, 0.25) is 0 Å². The van der Waals surface area contributed by atoms with E-state index >= 15 is 0 Å². The molecule has 1 atom stereocenters. The molecule has 3 aliphatic rings. The van der Waals surface area contributed by atoms with Crippen LogP contribution < -0.4 is 4.90 Å². The molecule has 1 unspecified atom stereocenters. The van der Waals surface area contributed by atoms with E-state index in [4.69, 9.17) is 4.74 Å². The predicted octanol–water partition coefficient (Wildman–Crippen LogP) is 3.21. The number of rotatable bonds is 3. The second kappa shape index (κ2) is 7.89. The number of Topliss-reactive ketones (excluding diaryl/α,β-unsaturated/α-hetero) is 2. The summed E-state index contributed by atoms with van der Waals surface area (Å²) in [6.45, 7) is 4.14. The lowest BCUT2D eigenvalue weighted by molar-refractivity contribution is -0.116. The lowest BCUT2D eigenvalue weighted by Gasteiger charge is -2.38. The molecule has 0 aromatic heterocycles. The zero-order valence-electron chi connectivity index (χ0n) is 16.3. The van der Waals surface area contributed by atoms with Crippen molar-refractivity contribution in [1.82, 2.24) is 4.90 Å². The topological polar surface area (TPSA) is 49.9 Å². The van der Waals surface area contributed by atoms with Crippen molar-refractivity contribution in [3.05, 3.63) is 71.2 Å². The first-order valence-corrected chi connectivity index (χ1v) is 11.0. The molecule has 0 radical (unpaired) electrons. The van der Waals surface area contributed by atoms with E-state index in [1.807, 2.05) is 24.3 Å². The number of carbonyl (C=O) groups is 2. The zero-order chi connectivity index (χ0) is 20.7.